The van der Waals surface area contributed by atoms with Crippen LogP contribution < -0.4 is 14.2 Å². The highest BCUT2D eigenvalue weighted by Crippen LogP contribution is 2.46. The van der Waals surface area contributed by atoms with Gasteiger partial charge in [0.05, 0.1) is 25.1 Å². The molecule has 182 valence electrons. The predicted octanol–water partition coefficient (Wildman–Crippen LogP) is 6.77. The van der Waals surface area contributed by atoms with Crippen molar-refractivity contribution in [3.05, 3.63) is 98.9 Å². The zero-order valence-corrected chi connectivity index (χ0v) is 21.5. The third-order valence-electron chi connectivity index (χ3n) is 6.87. The molecule has 0 saturated carbocycles. The number of hydrogen-bond acceptors (Lipinski definition) is 5. The van der Waals surface area contributed by atoms with Gasteiger partial charge in [-0.25, -0.2) is 0 Å². The normalized spacial score (nSPS) is 15.9. The summed E-state index contributed by atoms with van der Waals surface area (Å²) in [6.45, 7) is 1.02. The maximum Gasteiger partial charge on any atom is 0.264 e. The van der Waals surface area contributed by atoms with Crippen molar-refractivity contribution < 1.29 is 19.0 Å². The minimum absolute atomic E-state index is 0.0164. The maximum absolute atomic E-state index is 14.1. The van der Waals surface area contributed by atoms with Gasteiger partial charge in [-0.05, 0) is 59.5 Å². The van der Waals surface area contributed by atoms with E-state index in [4.69, 9.17) is 25.8 Å². The second kappa shape index (κ2) is 9.19. The fraction of sp³-hybridized carbons (Fsp3) is 0.207. The minimum atomic E-state index is -0.350. The molecule has 0 fully saturated rings. The van der Waals surface area contributed by atoms with Crippen LogP contribution >= 0.6 is 22.9 Å². The molecule has 7 heteroatoms. The van der Waals surface area contributed by atoms with Crippen LogP contribution in [0.2, 0.25) is 5.02 Å². The van der Waals surface area contributed by atoms with Crippen LogP contribution in [0.1, 0.15) is 38.0 Å². The fourth-order valence-electron chi connectivity index (χ4n) is 5.14. The number of para-hydroxylation sites is 1. The number of carbonyl (C=O) groups excluding carboxylic acids is 1. The van der Waals surface area contributed by atoms with E-state index in [0.717, 1.165) is 38.4 Å². The first-order chi connectivity index (χ1) is 17.6. The van der Waals surface area contributed by atoms with Gasteiger partial charge in [0.25, 0.3) is 5.91 Å². The standard InChI is InChI=1S/C29H24ClNO4S/c1-33-24-13-17-11-12-31(27(21(17)15-25(24)34-2)19-7-3-5-9-22(19)30)29(32)26-14-18-16-35-23-10-6-4-8-20(23)28(18)36-26/h3-10,13-15,27H,11-12,16H2,1-2H3. The average Bonchev–Trinajstić information content (AvgIpc) is 3.37. The molecule has 0 N–H and O–H groups in total. The summed E-state index contributed by atoms with van der Waals surface area (Å²) >= 11 is 8.23. The number of nitrogens with zero attached hydrogens (tertiary/aromatic N) is 1. The Bertz CT molecular complexity index is 1480. The van der Waals surface area contributed by atoms with Gasteiger partial charge < -0.3 is 19.1 Å². The number of benzene rings is 3. The Morgan fingerprint density at radius 1 is 0.972 bits per heavy atom. The number of methoxy groups -OCH3 is 2. The molecule has 0 radical (unpaired) electrons. The highest BCUT2D eigenvalue weighted by atomic mass is 35.5. The quantitative estimate of drug-likeness (QED) is 0.300. The molecule has 1 amide bonds. The van der Waals surface area contributed by atoms with Crippen molar-refractivity contribution in [1.29, 1.82) is 0 Å². The predicted molar refractivity (Wildman–Crippen MR) is 142 cm³/mol. The average molecular weight is 518 g/mol. The van der Waals surface area contributed by atoms with E-state index in [0.29, 0.717) is 41.0 Å². The van der Waals surface area contributed by atoms with Crippen LogP contribution in [0.4, 0.5) is 0 Å². The number of fused-ring (bicyclic) bond motifs is 4. The summed E-state index contributed by atoms with van der Waals surface area (Å²) in [6, 6.07) is 21.3. The Labute approximate surface area is 218 Å². The molecule has 3 aromatic carbocycles. The molecule has 6 rings (SSSR count). The zero-order chi connectivity index (χ0) is 24.8. The number of thiophene rings is 1. The lowest BCUT2D eigenvalue weighted by Gasteiger charge is -2.38. The molecule has 0 spiro atoms. The van der Waals surface area contributed by atoms with Gasteiger partial charge >= 0.3 is 0 Å². The molecule has 1 atom stereocenters. The molecule has 1 unspecified atom stereocenters. The van der Waals surface area contributed by atoms with Crippen molar-refractivity contribution in [3.63, 3.8) is 0 Å². The third-order valence-corrected chi connectivity index (χ3v) is 8.41. The Morgan fingerprint density at radius 3 is 2.53 bits per heavy atom. The SMILES string of the molecule is COc1cc2c(cc1OC)C(c1ccccc1Cl)N(C(=O)c1cc3c(s1)-c1ccccc1OC3)CC2. The topological polar surface area (TPSA) is 48.0 Å². The summed E-state index contributed by atoms with van der Waals surface area (Å²) in [6.07, 6.45) is 0.708. The Kier molecular flexibility index (Phi) is 5.86. The van der Waals surface area contributed by atoms with E-state index in [-0.39, 0.29) is 11.9 Å². The molecule has 5 nitrogen and oxygen atoms in total. The molecule has 2 aliphatic rings. The number of amides is 1. The van der Waals surface area contributed by atoms with E-state index in [1.54, 1.807) is 14.2 Å². The van der Waals surface area contributed by atoms with Crippen molar-refractivity contribution in [1.82, 2.24) is 4.90 Å². The van der Waals surface area contributed by atoms with Crippen LogP contribution in [-0.4, -0.2) is 31.6 Å². The summed E-state index contributed by atoms with van der Waals surface area (Å²) in [4.78, 5) is 17.8. The van der Waals surface area contributed by atoms with Crippen molar-refractivity contribution >= 4 is 28.8 Å². The van der Waals surface area contributed by atoms with E-state index in [1.807, 2.05) is 71.6 Å². The molecular formula is C29H24ClNO4S. The monoisotopic (exact) mass is 517 g/mol. The van der Waals surface area contributed by atoms with E-state index in [2.05, 4.69) is 0 Å². The largest absolute Gasteiger partial charge is 0.493 e. The Morgan fingerprint density at radius 2 is 1.72 bits per heavy atom. The first kappa shape index (κ1) is 23.0. The van der Waals surface area contributed by atoms with E-state index in [1.165, 1.54) is 11.3 Å². The molecule has 4 aromatic rings. The summed E-state index contributed by atoms with van der Waals surface area (Å²) in [5, 5.41) is 0.621. The van der Waals surface area contributed by atoms with Gasteiger partial charge in [0.2, 0.25) is 0 Å². The molecule has 0 saturated heterocycles. The molecule has 3 heterocycles. The Hall–Kier alpha value is -3.48. The van der Waals surface area contributed by atoms with E-state index < -0.39 is 0 Å². The number of ether oxygens (including phenoxy) is 3. The maximum atomic E-state index is 14.1. The van der Waals surface area contributed by atoms with Gasteiger partial charge in [0, 0.05) is 27.6 Å². The van der Waals surface area contributed by atoms with Crippen LogP contribution in [0.25, 0.3) is 10.4 Å². The fourth-order valence-corrected chi connectivity index (χ4v) is 6.54. The van der Waals surface area contributed by atoms with Gasteiger partial charge in [-0.3, -0.25) is 4.79 Å². The highest BCUT2D eigenvalue weighted by Gasteiger charge is 2.36. The van der Waals surface area contributed by atoms with Crippen LogP contribution in [0, 0.1) is 0 Å². The van der Waals surface area contributed by atoms with Crippen molar-refractivity contribution in [2.45, 2.75) is 19.1 Å². The number of carbonyl (C=O) groups is 1. The van der Waals surface area contributed by atoms with Crippen molar-refractivity contribution in [2.75, 3.05) is 20.8 Å². The van der Waals surface area contributed by atoms with Crippen molar-refractivity contribution in [3.8, 4) is 27.7 Å². The van der Waals surface area contributed by atoms with Gasteiger partial charge in [-0.2, -0.15) is 0 Å². The summed E-state index contributed by atoms with van der Waals surface area (Å²) in [7, 11) is 3.26. The van der Waals surface area contributed by atoms with Gasteiger partial charge in [-0.1, -0.05) is 41.9 Å². The lowest BCUT2D eigenvalue weighted by atomic mass is 9.87. The molecular weight excluding hydrogens is 494 g/mol. The molecule has 36 heavy (non-hydrogen) atoms. The van der Waals surface area contributed by atoms with E-state index in [9.17, 15) is 4.79 Å². The van der Waals surface area contributed by atoms with Gasteiger partial charge in [-0.15, -0.1) is 11.3 Å². The molecule has 2 aliphatic heterocycles. The lowest BCUT2D eigenvalue weighted by Crippen LogP contribution is -2.40. The number of halogens is 1. The van der Waals surface area contributed by atoms with E-state index >= 15 is 0 Å². The van der Waals surface area contributed by atoms with Crippen LogP contribution in [0.5, 0.6) is 17.2 Å². The second-order valence-corrected chi connectivity index (χ2v) is 10.3. The summed E-state index contributed by atoms with van der Waals surface area (Å²) in [5.41, 5.74) is 5.08. The van der Waals surface area contributed by atoms with Crippen LogP contribution in [-0.2, 0) is 13.0 Å². The van der Waals surface area contributed by atoms with Gasteiger partial charge in [0.1, 0.15) is 12.4 Å². The highest BCUT2D eigenvalue weighted by molar-refractivity contribution is 7.17. The van der Waals surface area contributed by atoms with Crippen LogP contribution in [0.15, 0.2) is 66.7 Å². The minimum Gasteiger partial charge on any atom is -0.493 e. The third kappa shape index (κ3) is 3.72. The molecule has 0 bridgehead atoms. The molecule has 0 aliphatic carbocycles. The smallest absolute Gasteiger partial charge is 0.264 e. The molecule has 1 aromatic heterocycles. The number of rotatable bonds is 4. The van der Waals surface area contributed by atoms with Crippen LogP contribution in [0.3, 0.4) is 0 Å². The summed E-state index contributed by atoms with van der Waals surface area (Å²) in [5.74, 6) is 2.14. The first-order valence-corrected chi connectivity index (χ1v) is 12.9. The summed E-state index contributed by atoms with van der Waals surface area (Å²) < 4.78 is 17.1. The number of hydrogen-bond donors (Lipinski definition) is 0. The zero-order valence-electron chi connectivity index (χ0n) is 19.9. The first-order valence-electron chi connectivity index (χ1n) is 11.7. The van der Waals surface area contributed by atoms with Gasteiger partial charge in [0.15, 0.2) is 11.5 Å². The second-order valence-electron chi connectivity index (χ2n) is 8.83. The Balaban J connectivity index is 1.46. The van der Waals surface area contributed by atoms with Crippen molar-refractivity contribution in [2.24, 2.45) is 0 Å². The lowest BCUT2D eigenvalue weighted by molar-refractivity contribution is 0.0699.